The first-order valence-corrected chi connectivity index (χ1v) is 8.55. The molecule has 0 radical (unpaired) electrons. The summed E-state index contributed by atoms with van der Waals surface area (Å²) in [5.41, 5.74) is 0.903. The molecule has 2 saturated heterocycles. The van der Waals surface area contributed by atoms with Crippen LogP contribution in [0.4, 0.5) is 4.79 Å². The fourth-order valence-electron chi connectivity index (χ4n) is 3.57. The lowest BCUT2D eigenvalue weighted by Crippen LogP contribution is -2.49. The second-order valence-electron chi connectivity index (χ2n) is 7.02. The van der Waals surface area contributed by atoms with Crippen molar-refractivity contribution in [1.82, 2.24) is 20.4 Å². The Bertz CT molecular complexity index is 701. The van der Waals surface area contributed by atoms with Gasteiger partial charge in [0.25, 0.3) is 11.8 Å². The Morgan fingerprint density at radius 2 is 1.96 bits per heavy atom. The van der Waals surface area contributed by atoms with Gasteiger partial charge in [-0.3, -0.25) is 19.4 Å². The molecule has 134 valence electrons. The number of urea groups is 1. The number of nitrogens with one attached hydrogen (secondary N) is 2. The summed E-state index contributed by atoms with van der Waals surface area (Å²) in [4.78, 5) is 39.9. The van der Waals surface area contributed by atoms with Gasteiger partial charge in [-0.25, -0.2) is 4.79 Å². The van der Waals surface area contributed by atoms with Crippen molar-refractivity contribution < 1.29 is 14.4 Å². The summed E-state index contributed by atoms with van der Waals surface area (Å²) < 4.78 is 0. The maximum Gasteiger partial charge on any atom is 0.325 e. The monoisotopic (exact) mass is 344 g/mol. The van der Waals surface area contributed by atoms with E-state index in [0.717, 1.165) is 12.1 Å². The summed E-state index contributed by atoms with van der Waals surface area (Å²) in [5.74, 6) is -0.232. The second kappa shape index (κ2) is 6.48. The Hall–Kier alpha value is -2.41. The average molecular weight is 344 g/mol. The van der Waals surface area contributed by atoms with Gasteiger partial charge in [0.15, 0.2) is 0 Å². The molecule has 1 atom stereocenters. The quantitative estimate of drug-likeness (QED) is 0.797. The van der Waals surface area contributed by atoms with Gasteiger partial charge in [0.05, 0.1) is 0 Å². The third-order valence-corrected chi connectivity index (χ3v) is 4.91. The van der Waals surface area contributed by atoms with Gasteiger partial charge < -0.3 is 10.6 Å². The summed E-state index contributed by atoms with van der Waals surface area (Å²) in [6.45, 7) is 5.63. The Balaban J connectivity index is 1.67. The van der Waals surface area contributed by atoms with Crippen LogP contribution >= 0.6 is 0 Å². The predicted molar refractivity (Wildman–Crippen MR) is 93.0 cm³/mol. The van der Waals surface area contributed by atoms with Crippen LogP contribution < -0.4 is 10.6 Å². The van der Waals surface area contributed by atoms with Gasteiger partial charge in [-0.1, -0.05) is 12.1 Å². The molecule has 1 aromatic rings. The Morgan fingerprint density at radius 1 is 1.28 bits per heavy atom. The minimum Gasteiger partial charge on any atom is -0.355 e. The Labute approximate surface area is 147 Å². The lowest BCUT2D eigenvalue weighted by molar-refractivity contribution is -0.132. The van der Waals surface area contributed by atoms with E-state index in [-0.39, 0.29) is 23.9 Å². The van der Waals surface area contributed by atoms with Crippen molar-refractivity contribution >= 4 is 17.8 Å². The highest BCUT2D eigenvalue weighted by atomic mass is 16.2. The van der Waals surface area contributed by atoms with E-state index in [2.05, 4.69) is 15.5 Å². The first kappa shape index (κ1) is 17.4. The SMILES string of the molecule is CNC(=O)c1ccc(CN2CCC3(C2)NC(=O)N(C(C)C)C3=O)cc1. The second-order valence-corrected chi connectivity index (χ2v) is 7.02. The first-order valence-electron chi connectivity index (χ1n) is 8.55. The van der Waals surface area contributed by atoms with Gasteiger partial charge in [-0.2, -0.15) is 0 Å². The van der Waals surface area contributed by atoms with Crippen LogP contribution in [0, 0.1) is 0 Å². The van der Waals surface area contributed by atoms with Crippen LogP contribution in [0.1, 0.15) is 36.2 Å². The van der Waals surface area contributed by atoms with Gasteiger partial charge in [0, 0.05) is 38.3 Å². The number of likely N-dealkylation sites (tertiary alicyclic amines) is 1. The largest absolute Gasteiger partial charge is 0.355 e. The van der Waals surface area contributed by atoms with Gasteiger partial charge in [-0.05, 0) is 38.0 Å². The molecule has 1 spiro atoms. The molecule has 2 heterocycles. The molecule has 7 heteroatoms. The van der Waals surface area contributed by atoms with Crippen LogP contribution in [0.5, 0.6) is 0 Å². The molecule has 2 fully saturated rings. The van der Waals surface area contributed by atoms with Crippen molar-refractivity contribution in [3.8, 4) is 0 Å². The standard InChI is InChI=1S/C18H24N4O3/c1-12(2)22-16(24)18(20-17(22)25)8-9-21(11-18)10-13-4-6-14(7-5-13)15(23)19-3/h4-7,12H,8-11H2,1-3H3,(H,19,23)(H,20,25). The van der Waals surface area contributed by atoms with E-state index >= 15 is 0 Å². The summed E-state index contributed by atoms with van der Waals surface area (Å²) in [5, 5.41) is 5.50. The predicted octanol–water partition coefficient (Wildman–Crippen LogP) is 0.951. The van der Waals surface area contributed by atoms with E-state index < -0.39 is 5.54 Å². The van der Waals surface area contributed by atoms with Crippen molar-refractivity contribution in [1.29, 1.82) is 0 Å². The third kappa shape index (κ3) is 3.11. The lowest BCUT2D eigenvalue weighted by Gasteiger charge is -2.23. The van der Waals surface area contributed by atoms with E-state index in [1.54, 1.807) is 19.2 Å². The van der Waals surface area contributed by atoms with Gasteiger partial charge in [0.2, 0.25) is 0 Å². The van der Waals surface area contributed by atoms with Crippen molar-refractivity contribution in [2.24, 2.45) is 0 Å². The Morgan fingerprint density at radius 3 is 2.52 bits per heavy atom. The minimum absolute atomic E-state index is 0.111. The van der Waals surface area contributed by atoms with Crippen molar-refractivity contribution in [3.05, 3.63) is 35.4 Å². The van der Waals surface area contributed by atoms with Crippen LogP contribution in [-0.4, -0.2) is 59.4 Å². The van der Waals surface area contributed by atoms with Crippen molar-refractivity contribution in [2.45, 2.75) is 38.4 Å². The zero-order valence-corrected chi connectivity index (χ0v) is 14.8. The summed E-state index contributed by atoms with van der Waals surface area (Å²) in [6, 6.07) is 7.00. The molecule has 2 aliphatic heterocycles. The number of imide groups is 1. The van der Waals surface area contributed by atoms with Crippen LogP contribution in [0.25, 0.3) is 0 Å². The minimum atomic E-state index is -0.788. The zero-order chi connectivity index (χ0) is 18.2. The number of carbonyl (C=O) groups is 3. The molecule has 0 saturated carbocycles. The van der Waals surface area contributed by atoms with Gasteiger partial charge >= 0.3 is 6.03 Å². The molecule has 2 N–H and O–H groups in total. The fourth-order valence-corrected chi connectivity index (χ4v) is 3.57. The number of hydrogen-bond acceptors (Lipinski definition) is 4. The molecule has 3 rings (SSSR count). The molecule has 0 aromatic heterocycles. The normalized spacial score (nSPS) is 23.6. The molecule has 1 unspecified atom stereocenters. The molecule has 1 aromatic carbocycles. The van der Waals surface area contributed by atoms with E-state index in [9.17, 15) is 14.4 Å². The molecule has 4 amide bonds. The van der Waals surface area contributed by atoms with Gasteiger partial charge in [-0.15, -0.1) is 0 Å². The first-order chi connectivity index (χ1) is 11.9. The maximum atomic E-state index is 12.7. The summed E-state index contributed by atoms with van der Waals surface area (Å²) in [7, 11) is 1.60. The summed E-state index contributed by atoms with van der Waals surface area (Å²) >= 11 is 0. The molecule has 0 aliphatic carbocycles. The van der Waals surface area contributed by atoms with Crippen molar-refractivity contribution in [2.75, 3.05) is 20.1 Å². The van der Waals surface area contributed by atoms with E-state index in [0.29, 0.717) is 25.1 Å². The average Bonchev–Trinajstić information content (AvgIpc) is 3.08. The number of carbonyl (C=O) groups excluding carboxylic acids is 3. The van der Waals surface area contributed by atoms with Gasteiger partial charge in [0.1, 0.15) is 5.54 Å². The number of benzene rings is 1. The molecular formula is C18H24N4O3. The maximum absolute atomic E-state index is 12.7. The lowest BCUT2D eigenvalue weighted by atomic mass is 9.98. The summed E-state index contributed by atoms with van der Waals surface area (Å²) in [6.07, 6.45) is 0.622. The Kier molecular flexibility index (Phi) is 4.51. The van der Waals surface area contributed by atoms with Crippen molar-refractivity contribution in [3.63, 3.8) is 0 Å². The van der Waals surface area contributed by atoms with E-state index in [4.69, 9.17) is 0 Å². The highest BCUT2D eigenvalue weighted by Gasteiger charge is 2.55. The van der Waals surface area contributed by atoms with Crippen LogP contribution in [0.2, 0.25) is 0 Å². The van der Waals surface area contributed by atoms with Crippen LogP contribution in [0.15, 0.2) is 24.3 Å². The molecule has 7 nitrogen and oxygen atoms in total. The van der Waals surface area contributed by atoms with E-state index in [1.165, 1.54) is 4.90 Å². The van der Waals surface area contributed by atoms with E-state index in [1.807, 2.05) is 26.0 Å². The molecule has 0 bridgehead atoms. The number of amides is 4. The number of hydrogen-bond donors (Lipinski definition) is 2. The number of rotatable bonds is 4. The number of nitrogens with zero attached hydrogens (tertiary/aromatic N) is 2. The molecular weight excluding hydrogens is 320 g/mol. The van der Waals surface area contributed by atoms with Crippen LogP contribution in [0.3, 0.4) is 0 Å². The fraction of sp³-hybridized carbons (Fsp3) is 0.500. The highest BCUT2D eigenvalue weighted by molar-refractivity contribution is 6.07. The smallest absolute Gasteiger partial charge is 0.325 e. The van der Waals surface area contributed by atoms with Crippen LogP contribution in [-0.2, 0) is 11.3 Å². The zero-order valence-electron chi connectivity index (χ0n) is 14.8. The molecule has 25 heavy (non-hydrogen) atoms. The molecule has 2 aliphatic rings. The highest BCUT2D eigenvalue weighted by Crippen LogP contribution is 2.30. The third-order valence-electron chi connectivity index (χ3n) is 4.91. The topological polar surface area (TPSA) is 81.8 Å².